The van der Waals surface area contributed by atoms with E-state index >= 15 is 0 Å². The van der Waals surface area contributed by atoms with Crippen molar-refractivity contribution in [3.8, 4) is 0 Å². The number of benzene rings is 1. The first kappa shape index (κ1) is 7.89. The average molecular weight is 215 g/mol. The van der Waals surface area contributed by atoms with E-state index in [1.807, 2.05) is 18.2 Å². The summed E-state index contributed by atoms with van der Waals surface area (Å²) in [5.41, 5.74) is 1.06. The first-order chi connectivity index (χ1) is 4.74. The maximum Gasteiger partial charge on any atom is 0.0186 e. The SMILES string of the molecule is C=Cc1ccc(Br)cc1S. The van der Waals surface area contributed by atoms with E-state index in [-0.39, 0.29) is 0 Å². The lowest BCUT2D eigenvalue weighted by Crippen LogP contribution is -1.74. The second-order valence-corrected chi connectivity index (χ2v) is 3.30. The Bertz CT molecular complexity index is 255. The molecule has 0 aromatic heterocycles. The molecule has 0 saturated carbocycles. The number of thiol groups is 1. The van der Waals surface area contributed by atoms with Crippen LogP contribution >= 0.6 is 28.6 Å². The molecule has 0 nitrogen and oxygen atoms in total. The second-order valence-electron chi connectivity index (χ2n) is 1.91. The Balaban J connectivity index is 3.19. The van der Waals surface area contributed by atoms with E-state index in [0.717, 1.165) is 14.9 Å². The monoisotopic (exact) mass is 214 g/mol. The fourth-order valence-electron chi connectivity index (χ4n) is 0.689. The van der Waals surface area contributed by atoms with E-state index in [0.29, 0.717) is 0 Å². The van der Waals surface area contributed by atoms with Crippen LogP contribution in [0.15, 0.2) is 34.1 Å². The molecule has 0 heterocycles. The van der Waals surface area contributed by atoms with Crippen molar-refractivity contribution in [3.05, 3.63) is 34.8 Å². The van der Waals surface area contributed by atoms with Crippen molar-refractivity contribution in [1.82, 2.24) is 0 Å². The standard InChI is InChI=1S/C8H7BrS/c1-2-6-3-4-7(9)5-8(6)10/h2-5,10H,1H2. The molecule has 0 amide bonds. The van der Waals surface area contributed by atoms with E-state index in [1.54, 1.807) is 6.08 Å². The molecule has 1 aromatic carbocycles. The Morgan fingerprint density at radius 1 is 1.50 bits per heavy atom. The number of hydrogen-bond donors (Lipinski definition) is 1. The molecule has 10 heavy (non-hydrogen) atoms. The molecule has 0 N–H and O–H groups in total. The molecule has 0 spiro atoms. The van der Waals surface area contributed by atoms with Gasteiger partial charge in [0.05, 0.1) is 0 Å². The van der Waals surface area contributed by atoms with Crippen LogP contribution in [-0.4, -0.2) is 0 Å². The van der Waals surface area contributed by atoms with Gasteiger partial charge in [-0.25, -0.2) is 0 Å². The summed E-state index contributed by atoms with van der Waals surface area (Å²) in [4.78, 5) is 0.948. The van der Waals surface area contributed by atoms with Crippen molar-refractivity contribution < 1.29 is 0 Å². The molecular formula is C8H7BrS. The largest absolute Gasteiger partial charge is 0.143 e. The minimum absolute atomic E-state index is 0.948. The number of hydrogen-bond acceptors (Lipinski definition) is 1. The zero-order valence-corrected chi connectivity index (χ0v) is 7.82. The van der Waals surface area contributed by atoms with Crippen LogP contribution in [0.3, 0.4) is 0 Å². The van der Waals surface area contributed by atoms with Gasteiger partial charge in [-0.05, 0) is 17.7 Å². The van der Waals surface area contributed by atoms with Gasteiger partial charge in [0.2, 0.25) is 0 Å². The Hall–Kier alpha value is -0.210. The molecule has 1 rings (SSSR count). The summed E-state index contributed by atoms with van der Waals surface area (Å²) >= 11 is 7.59. The molecule has 0 radical (unpaired) electrons. The molecule has 0 fully saturated rings. The number of rotatable bonds is 1. The van der Waals surface area contributed by atoms with Crippen molar-refractivity contribution in [2.45, 2.75) is 4.90 Å². The lowest BCUT2D eigenvalue weighted by molar-refractivity contribution is 1.41. The Morgan fingerprint density at radius 2 is 2.20 bits per heavy atom. The minimum Gasteiger partial charge on any atom is -0.143 e. The summed E-state index contributed by atoms with van der Waals surface area (Å²) in [7, 11) is 0. The highest BCUT2D eigenvalue weighted by molar-refractivity contribution is 9.10. The topological polar surface area (TPSA) is 0 Å². The summed E-state index contributed by atoms with van der Waals surface area (Å²) < 4.78 is 1.04. The van der Waals surface area contributed by atoms with E-state index < -0.39 is 0 Å². The Morgan fingerprint density at radius 3 is 2.70 bits per heavy atom. The van der Waals surface area contributed by atoms with Gasteiger partial charge >= 0.3 is 0 Å². The molecular weight excluding hydrogens is 208 g/mol. The predicted molar refractivity (Wildman–Crippen MR) is 51.5 cm³/mol. The van der Waals surface area contributed by atoms with Crippen LogP contribution < -0.4 is 0 Å². The van der Waals surface area contributed by atoms with Crippen molar-refractivity contribution in [1.29, 1.82) is 0 Å². The summed E-state index contributed by atoms with van der Waals surface area (Å²) in [6.07, 6.45) is 1.79. The van der Waals surface area contributed by atoms with Crippen LogP contribution in [-0.2, 0) is 0 Å². The molecule has 1 aromatic rings. The number of halogens is 1. The fraction of sp³-hybridized carbons (Fsp3) is 0. The molecule has 52 valence electrons. The van der Waals surface area contributed by atoms with Gasteiger partial charge in [-0.2, -0.15) is 0 Å². The third-order valence-electron chi connectivity index (χ3n) is 1.21. The maximum absolute atomic E-state index is 4.25. The average Bonchev–Trinajstić information content (AvgIpc) is 1.88. The Labute approximate surface area is 74.5 Å². The lowest BCUT2D eigenvalue weighted by atomic mass is 10.2. The van der Waals surface area contributed by atoms with Gasteiger partial charge in [0, 0.05) is 9.37 Å². The van der Waals surface area contributed by atoms with Crippen LogP contribution in [0.2, 0.25) is 0 Å². The summed E-state index contributed by atoms with van der Waals surface area (Å²) in [6.45, 7) is 3.66. The quantitative estimate of drug-likeness (QED) is 0.682. The van der Waals surface area contributed by atoms with Crippen LogP contribution in [0, 0.1) is 0 Å². The molecule has 0 atom stereocenters. The van der Waals surface area contributed by atoms with Gasteiger partial charge in [-0.3, -0.25) is 0 Å². The molecule has 2 heteroatoms. The molecule has 0 aliphatic rings. The highest BCUT2D eigenvalue weighted by Crippen LogP contribution is 2.20. The highest BCUT2D eigenvalue weighted by atomic mass is 79.9. The first-order valence-electron chi connectivity index (χ1n) is 2.85. The lowest BCUT2D eigenvalue weighted by Gasteiger charge is -1.97. The van der Waals surface area contributed by atoms with E-state index in [1.165, 1.54) is 0 Å². The van der Waals surface area contributed by atoms with Gasteiger partial charge in [-0.1, -0.05) is 34.7 Å². The van der Waals surface area contributed by atoms with Gasteiger partial charge in [0.15, 0.2) is 0 Å². The van der Waals surface area contributed by atoms with Crippen LogP contribution in [0.25, 0.3) is 6.08 Å². The predicted octanol–water partition coefficient (Wildman–Crippen LogP) is 3.38. The van der Waals surface area contributed by atoms with Gasteiger partial charge in [-0.15, -0.1) is 12.6 Å². The van der Waals surface area contributed by atoms with Crippen molar-refractivity contribution >= 4 is 34.6 Å². The van der Waals surface area contributed by atoms with E-state index in [9.17, 15) is 0 Å². The van der Waals surface area contributed by atoms with Gasteiger partial charge < -0.3 is 0 Å². The molecule has 0 bridgehead atoms. The van der Waals surface area contributed by atoms with Crippen molar-refractivity contribution in [2.75, 3.05) is 0 Å². The zero-order valence-electron chi connectivity index (χ0n) is 5.34. The molecule has 0 unspecified atom stereocenters. The van der Waals surface area contributed by atoms with E-state index in [4.69, 9.17) is 0 Å². The smallest absolute Gasteiger partial charge is 0.0186 e. The van der Waals surface area contributed by atoms with Crippen molar-refractivity contribution in [2.24, 2.45) is 0 Å². The van der Waals surface area contributed by atoms with Crippen LogP contribution in [0.4, 0.5) is 0 Å². The van der Waals surface area contributed by atoms with Gasteiger partial charge in [0.25, 0.3) is 0 Å². The molecule has 0 aliphatic heterocycles. The highest BCUT2D eigenvalue weighted by Gasteiger charge is 1.93. The summed E-state index contributed by atoms with van der Waals surface area (Å²) in [5, 5.41) is 0. The fourth-order valence-corrected chi connectivity index (χ4v) is 1.53. The first-order valence-corrected chi connectivity index (χ1v) is 4.09. The van der Waals surface area contributed by atoms with Crippen LogP contribution in [0.5, 0.6) is 0 Å². The summed E-state index contributed by atoms with van der Waals surface area (Å²) in [6, 6.07) is 5.89. The van der Waals surface area contributed by atoms with Crippen molar-refractivity contribution in [3.63, 3.8) is 0 Å². The molecule has 0 aliphatic carbocycles. The maximum atomic E-state index is 4.25. The Kier molecular flexibility index (Phi) is 2.57. The third-order valence-corrected chi connectivity index (χ3v) is 2.09. The zero-order chi connectivity index (χ0) is 7.56. The minimum atomic E-state index is 0.948. The second kappa shape index (κ2) is 3.26. The van der Waals surface area contributed by atoms with E-state index in [2.05, 4.69) is 35.1 Å². The van der Waals surface area contributed by atoms with Gasteiger partial charge in [0.1, 0.15) is 0 Å². The molecule has 0 saturated heterocycles. The summed E-state index contributed by atoms with van der Waals surface area (Å²) in [5.74, 6) is 0. The third kappa shape index (κ3) is 1.64. The normalized spacial score (nSPS) is 9.40. The van der Waals surface area contributed by atoms with Crippen LogP contribution in [0.1, 0.15) is 5.56 Å².